The molecule has 0 saturated heterocycles. The van der Waals surface area contributed by atoms with Crippen LogP contribution in [0.4, 0.5) is 0 Å². The summed E-state index contributed by atoms with van der Waals surface area (Å²) in [4.78, 5) is 28.6. The molecule has 8 heteroatoms. The zero-order valence-electron chi connectivity index (χ0n) is 15.0. The van der Waals surface area contributed by atoms with Crippen LogP contribution in [0.3, 0.4) is 0 Å². The Morgan fingerprint density at radius 3 is 2.20 bits per heavy atom. The van der Waals surface area contributed by atoms with Gasteiger partial charge in [0.2, 0.25) is 5.91 Å². The van der Waals surface area contributed by atoms with E-state index in [1.165, 1.54) is 18.5 Å². The number of nitrogens with zero attached hydrogens (tertiary/aromatic N) is 1. The molecular formula is C17H27N3O4S. The molecule has 0 fully saturated rings. The highest BCUT2D eigenvalue weighted by molar-refractivity contribution is 7.92. The van der Waals surface area contributed by atoms with E-state index in [4.69, 9.17) is 11.5 Å². The Balaban J connectivity index is 3.25. The number of hydrogen-bond donors (Lipinski definition) is 2. The Bertz CT molecular complexity index is 727. The van der Waals surface area contributed by atoms with Gasteiger partial charge in [0.25, 0.3) is 0 Å². The van der Waals surface area contributed by atoms with Gasteiger partial charge in [-0.3, -0.25) is 14.6 Å². The van der Waals surface area contributed by atoms with Gasteiger partial charge in [0.15, 0.2) is 21.2 Å². The van der Waals surface area contributed by atoms with E-state index in [1.54, 1.807) is 6.92 Å². The molecule has 0 spiro atoms. The SMILES string of the molecule is CCCC(CCC)S(=O)(=O)C[C@@](N)(C(N)=O)C(=O)c1cncc(C)c1. The maximum atomic E-state index is 12.8. The minimum atomic E-state index is -3.78. The summed E-state index contributed by atoms with van der Waals surface area (Å²) in [5.41, 5.74) is 9.73. The summed E-state index contributed by atoms with van der Waals surface area (Å²) in [6, 6.07) is 1.50. The van der Waals surface area contributed by atoms with Crippen LogP contribution in [0.5, 0.6) is 0 Å². The lowest BCUT2D eigenvalue weighted by Gasteiger charge is -2.27. The zero-order valence-corrected chi connectivity index (χ0v) is 15.8. The summed E-state index contributed by atoms with van der Waals surface area (Å²) in [5, 5.41) is -0.645. The first-order chi connectivity index (χ1) is 11.6. The summed E-state index contributed by atoms with van der Waals surface area (Å²) in [6.07, 6.45) is 5.04. The largest absolute Gasteiger partial charge is 0.368 e. The van der Waals surface area contributed by atoms with Gasteiger partial charge in [0.05, 0.1) is 11.0 Å². The highest BCUT2D eigenvalue weighted by Crippen LogP contribution is 2.21. The van der Waals surface area contributed by atoms with Gasteiger partial charge in [0, 0.05) is 18.0 Å². The monoisotopic (exact) mass is 369 g/mol. The molecule has 4 N–H and O–H groups in total. The maximum Gasteiger partial charge on any atom is 0.246 e. The first kappa shape index (κ1) is 21.2. The van der Waals surface area contributed by atoms with E-state index < -0.39 is 38.1 Å². The second kappa shape index (κ2) is 8.53. The van der Waals surface area contributed by atoms with Crippen LogP contribution in [-0.4, -0.2) is 41.6 Å². The number of rotatable bonds is 10. The quantitative estimate of drug-likeness (QED) is 0.469. The molecule has 1 aromatic heterocycles. The second-order valence-electron chi connectivity index (χ2n) is 6.42. The average Bonchev–Trinajstić information content (AvgIpc) is 2.53. The molecule has 1 heterocycles. The number of ketones is 1. The van der Waals surface area contributed by atoms with Crippen molar-refractivity contribution < 1.29 is 18.0 Å². The molecule has 140 valence electrons. The first-order valence-electron chi connectivity index (χ1n) is 8.35. The average molecular weight is 369 g/mol. The molecule has 0 aliphatic heterocycles. The van der Waals surface area contributed by atoms with E-state index in [1.807, 2.05) is 13.8 Å². The second-order valence-corrected chi connectivity index (χ2v) is 8.70. The van der Waals surface area contributed by atoms with E-state index >= 15 is 0 Å². The lowest BCUT2D eigenvalue weighted by molar-refractivity contribution is -0.120. The summed E-state index contributed by atoms with van der Waals surface area (Å²) in [5.74, 6) is -2.78. The minimum absolute atomic E-state index is 0.0685. The Labute approximate surface area is 149 Å². The highest BCUT2D eigenvalue weighted by atomic mass is 32.2. The number of Topliss-reactive ketones (excluding diaryl/α,β-unsaturated/α-hetero) is 1. The van der Waals surface area contributed by atoms with Crippen molar-refractivity contribution in [3.05, 3.63) is 29.6 Å². The number of aromatic nitrogens is 1. The van der Waals surface area contributed by atoms with Gasteiger partial charge < -0.3 is 11.5 Å². The lowest BCUT2D eigenvalue weighted by atomic mass is 9.92. The Hall–Kier alpha value is -1.80. The summed E-state index contributed by atoms with van der Waals surface area (Å²) >= 11 is 0. The first-order valence-corrected chi connectivity index (χ1v) is 10.1. The van der Waals surface area contributed by atoms with Gasteiger partial charge in [-0.1, -0.05) is 26.7 Å². The minimum Gasteiger partial charge on any atom is -0.368 e. The van der Waals surface area contributed by atoms with Crippen LogP contribution in [0.15, 0.2) is 18.5 Å². The van der Waals surface area contributed by atoms with Crippen molar-refractivity contribution in [2.24, 2.45) is 11.5 Å². The van der Waals surface area contributed by atoms with Crippen molar-refractivity contribution >= 4 is 21.5 Å². The van der Waals surface area contributed by atoms with Crippen molar-refractivity contribution in [2.45, 2.75) is 57.2 Å². The van der Waals surface area contributed by atoms with Crippen LogP contribution < -0.4 is 11.5 Å². The maximum absolute atomic E-state index is 12.8. The van der Waals surface area contributed by atoms with Crippen LogP contribution in [0.25, 0.3) is 0 Å². The molecule has 1 rings (SSSR count). The van der Waals surface area contributed by atoms with Crippen LogP contribution in [-0.2, 0) is 14.6 Å². The highest BCUT2D eigenvalue weighted by Gasteiger charge is 2.46. The number of nitrogens with two attached hydrogens (primary N) is 2. The number of sulfone groups is 1. The van der Waals surface area contributed by atoms with Crippen LogP contribution >= 0.6 is 0 Å². The standard InChI is InChI=1S/C17H27N3O4S/c1-4-6-14(7-5-2)25(23,24)11-17(19,16(18)22)15(21)13-8-12(3)9-20-10-13/h8-10,14H,4-7,11,19H2,1-3H3,(H2,18,22)/t17-/m0/s1. The number of amides is 1. The van der Waals surface area contributed by atoms with Gasteiger partial charge in [-0.2, -0.15) is 0 Å². The molecule has 0 unspecified atom stereocenters. The molecule has 1 aromatic rings. The molecule has 0 radical (unpaired) electrons. The van der Waals surface area contributed by atoms with E-state index in [9.17, 15) is 18.0 Å². The number of carbonyl (C=O) groups is 2. The van der Waals surface area contributed by atoms with Crippen molar-refractivity contribution in [1.29, 1.82) is 0 Å². The van der Waals surface area contributed by atoms with Crippen LogP contribution in [0.2, 0.25) is 0 Å². The number of aryl methyl sites for hydroxylation is 1. The Morgan fingerprint density at radius 1 is 1.20 bits per heavy atom. The fourth-order valence-corrected chi connectivity index (χ4v) is 5.10. The van der Waals surface area contributed by atoms with E-state index in [0.717, 1.165) is 0 Å². The number of pyridine rings is 1. The fraction of sp³-hybridized carbons (Fsp3) is 0.588. The summed E-state index contributed by atoms with van der Waals surface area (Å²) in [6.45, 7) is 5.48. The topological polar surface area (TPSA) is 133 Å². The molecule has 0 bridgehead atoms. The Kier molecular flexibility index (Phi) is 7.25. The molecule has 1 atom stereocenters. The van der Waals surface area contributed by atoms with Crippen LogP contribution in [0, 0.1) is 6.92 Å². The van der Waals surface area contributed by atoms with Gasteiger partial charge in [-0.25, -0.2) is 8.42 Å². The van der Waals surface area contributed by atoms with Gasteiger partial charge in [0.1, 0.15) is 0 Å². The molecule has 25 heavy (non-hydrogen) atoms. The lowest BCUT2D eigenvalue weighted by Crippen LogP contribution is -2.63. The zero-order chi connectivity index (χ0) is 19.3. The van der Waals surface area contributed by atoms with Gasteiger partial charge >= 0.3 is 0 Å². The number of carbonyl (C=O) groups excluding carboxylic acids is 2. The molecular weight excluding hydrogens is 342 g/mol. The third-order valence-corrected chi connectivity index (χ3v) is 6.48. The van der Waals surface area contributed by atoms with Gasteiger partial charge in [-0.05, 0) is 31.4 Å². The molecule has 0 aromatic carbocycles. The van der Waals surface area contributed by atoms with E-state index in [-0.39, 0.29) is 5.56 Å². The van der Waals surface area contributed by atoms with Crippen molar-refractivity contribution in [3.8, 4) is 0 Å². The predicted molar refractivity (Wildman–Crippen MR) is 96.8 cm³/mol. The van der Waals surface area contributed by atoms with Crippen molar-refractivity contribution in [2.75, 3.05) is 5.75 Å². The summed E-state index contributed by atoms with van der Waals surface area (Å²) in [7, 11) is -3.78. The third kappa shape index (κ3) is 5.09. The smallest absolute Gasteiger partial charge is 0.246 e. The number of hydrogen-bond acceptors (Lipinski definition) is 6. The molecule has 1 amide bonds. The van der Waals surface area contributed by atoms with Crippen LogP contribution in [0.1, 0.15) is 55.5 Å². The predicted octanol–water partition coefficient (Wildman–Crippen LogP) is 1.14. The molecule has 0 aliphatic carbocycles. The molecule has 0 aliphatic rings. The fourth-order valence-electron chi connectivity index (χ4n) is 2.77. The summed E-state index contributed by atoms with van der Waals surface area (Å²) < 4.78 is 25.6. The molecule has 7 nitrogen and oxygen atoms in total. The number of primary amides is 1. The normalized spacial score (nSPS) is 14.3. The molecule has 0 saturated carbocycles. The van der Waals surface area contributed by atoms with Crippen molar-refractivity contribution in [1.82, 2.24) is 4.98 Å². The Morgan fingerprint density at radius 2 is 1.76 bits per heavy atom. The van der Waals surface area contributed by atoms with E-state index in [0.29, 0.717) is 31.2 Å². The third-order valence-electron chi connectivity index (χ3n) is 4.14. The van der Waals surface area contributed by atoms with Crippen molar-refractivity contribution in [3.63, 3.8) is 0 Å². The van der Waals surface area contributed by atoms with Gasteiger partial charge in [-0.15, -0.1) is 0 Å². The van der Waals surface area contributed by atoms with E-state index in [2.05, 4.69) is 4.98 Å².